The van der Waals surface area contributed by atoms with Gasteiger partial charge in [0.05, 0.1) is 11.0 Å². The molecule has 2 nitrogen and oxygen atoms in total. The van der Waals surface area contributed by atoms with Gasteiger partial charge in [-0.1, -0.05) is 36.4 Å². The maximum absolute atomic E-state index is 4.68. The van der Waals surface area contributed by atoms with Crippen LogP contribution in [0.5, 0.6) is 0 Å². The third-order valence-corrected chi connectivity index (χ3v) is 3.49. The first kappa shape index (κ1) is 12.0. The Balaban J connectivity index is 2.18. The molecule has 1 heterocycles. The lowest BCUT2D eigenvalue weighted by Crippen LogP contribution is -2.02. The summed E-state index contributed by atoms with van der Waals surface area (Å²) in [6.45, 7) is 6.46. The van der Waals surface area contributed by atoms with Crippen LogP contribution in [0.2, 0.25) is 0 Å². The van der Waals surface area contributed by atoms with Crippen molar-refractivity contribution in [1.82, 2.24) is 9.55 Å². The van der Waals surface area contributed by atoms with E-state index in [1.807, 2.05) is 6.07 Å². The molecule has 0 atom stereocenters. The minimum absolute atomic E-state index is 0.438. The Labute approximate surface area is 113 Å². The second-order valence-corrected chi connectivity index (χ2v) is 5.19. The first-order valence-electron chi connectivity index (χ1n) is 6.71. The van der Waals surface area contributed by atoms with Crippen LogP contribution in [-0.2, 0) is 0 Å². The van der Waals surface area contributed by atoms with Gasteiger partial charge in [0, 0.05) is 6.04 Å². The molecule has 0 radical (unpaired) electrons. The third kappa shape index (κ3) is 2.03. The molecule has 0 spiro atoms. The summed E-state index contributed by atoms with van der Waals surface area (Å²) in [4.78, 5) is 4.68. The summed E-state index contributed by atoms with van der Waals surface area (Å²) in [7, 11) is 0. The van der Waals surface area contributed by atoms with Gasteiger partial charge in [-0.3, -0.25) is 0 Å². The number of benzene rings is 2. The molecule has 0 bridgehead atoms. The molecular formula is C17H18N2. The molecule has 0 saturated heterocycles. The van der Waals surface area contributed by atoms with Crippen LogP contribution in [0.4, 0.5) is 0 Å². The lowest BCUT2D eigenvalue weighted by molar-refractivity contribution is 0.600. The monoisotopic (exact) mass is 250 g/mol. The standard InChI is InChI=1S/C17H18N2/c1-12(2)19-13(3)18-16-11-15(9-10-17(16)19)14-7-5-4-6-8-14/h4-12H,1-3H3. The first-order chi connectivity index (χ1) is 9.16. The Morgan fingerprint density at radius 3 is 2.37 bits per heavy atom. The fraction of sp³-hybridized carbons (Fsp3) is 0.235. The third-order valence-electron chi connectivity index (χ3n) is 3.49. The number of nitrogens with zero attached hydrogens (tertiary/aromatic N) is 2. The normalized spacial score (nSPS) is 11.4. The number of imidazole rings is 1. The van der Waals surface area contributed by atoms with Crippen LogP contribution in [0.25, 0.3) is 22.2 Å². The summed E-state index contributed by atoms with van der Waals surface area (Å²) >= 11 is 0. The average Bonchev–Trinajstić information content (AvgIpc) is 2.74. The fourth-order valence-corrected chi connectivity index (χ4v) is 2.68. The van der Waals surface area contributed by atoms with E-state index in [9.17, 15) is 0 Å². The number of hydrogen-bond acceptors (Lipinski definition) is 1. The van der Waals surface area contributed by atoms with Crippen molar-refractivity contribution >= 4 is 11.0 Å². The van der Waals surface area contributed by atoms with Crippen LogP contribution in [0.3, 0.4) is 0 Å². The Morgan fingerprint density at radius 1 is 0.947 bits per heavy atom. The van der Waals surface area contributed by atoms with Crippen LogP contribution in [-0.4, -0.2) is 9.55 Å². The lowest BCUT2D eigenvalue weighted by atomic mass is 10.1. The summed E-state index contributed by atoms with van der Waals surface area (Å²) in [6, 6.07) is 17.4. The van der Waals surface area contributed by atoms with Crippen LogP contribution in [0.1, 0.15) is 25.7 Å². The zero-order chi connectivity index (χ0) is 13.4. The van der Waals surface area contributed by atoms with Crippen molar-refractivity contribution in [2.45, 2.75) is 26.8 Å². The predicted molar refractivity (Wildman–Crippen MR) is 80.3 cm³/mol. The molecule has 3 aromatic rings. The van der Waals surface area contributed by atoms with E-state index in [1.165, 1.54) is 16.6 Å². The number of hydrogen-bond donors (Lipinski definition) is 0. The van der Waals surface area contributed by atoms with Crippen molar-refractivity contribution in [3.8, 4) is 11.1 Å². The van der Waals surface area contributed by atoms with Gasteiger partial charge in [-0.05, 0) is 44.0 Å². The van der Waals surface area contributed by atoms with Crippen molar-refractivity contribution in [3.05, 3.63) is 54.4 Å². The summed E-state index contributed by atoms with van der Waals surface area (Å²) in [6.07, 6.45) is 0. The maximum Gasteiger partial charge on any atom is 0.106 e. The minimum atomic E-state index is 0.438. The summed E-state index contributed by atoms with van der Waals surface area (Å²) in [5.74, 6) is 1.08. The molecule has 3 rings (SSSR count). The Morgan fingerprint density at radius 2 is 1.68 bits per heavy atom. The molecular weight excluding hydrogens is 232 g/mol. The van der Waals surface area contributed by atoms with E-state index >= 15 is 0 Å². The number of aryl methyl sites for hydroxylation is 1. The van der Waals surface area contributed by atoms with Crippen molar-refractivity contribution in [3.63, 3.8) is 0 Å². The highest BCUT2D eigenvalue weighted by Gasteiger charge is 2.10. The van der Waals surface area contributed by atoms with E-state index in [0.717, 1.165) is 11.3 Å². The highest BCUT2D eigenvalue weighted by molar-refractivity contribution is 5.82. The molecule has 0 unspecified atom stereocenters. The smallest absolute Gasteiger partial charge is 0.106 e. The summed E-state index contributed by atoms with van der Waals surface area (Å²) in [5, 5.41) is 0. The minimum Gasteiger partial charge on any atom is -0.326 e. The molecule has 0 fully saturated rings. The quantitative estimate of drug-likeness (QED) is 0.650. The van der Waals surface area contributed by atoms with E-state index in [-0.39, 0.29) is 0 Å². The van der Waals surface area contributed by atoms with Crippen molar-refractivity contribution < 1.29 is 0 Å². The van der Waals surface area contributed by atoms with E-state index in [4.69, 9.17) is 0 Å². The van der Waals surface area contributed by atoms with Crippen LogP contribution >= 0.6 is 0 Å². The second kappa shape index (κ2) is 4.54. The molecule has 1 aromatic heterocycles. The number of aromatic nitrogens is 2. The zero-order valence-corrected chi connectivity index (χ0v) is 11.6. The zero-order valence-electron chi connectivity index (χ0n) is 11.6. The molecule has 2 heteroatoms. The highest BCUT2D eigenvalue weighted by Crippen LogP contribution is 2.26. The molecule has 96 valence electrons. The van der Waals surface area contributed by atoms with Gasteiger partial charge in [-0.2, -0.15) is 0 Å². The molecule has 0 aliphatic heterocycles. The Kier molecular flexibility index (Phi) is 2.86. The van der Waals surface area contributed by atoms with Crippen LogP contribution < -0.4 is 0 Å². The van der Waals surface area contributed by atoms with Gasteiger partial charge in [0.1, 0.15) is 5.82 Å². The lowest BCUT2D eigenvalue weighted by Gasteiger charge is -2.10. The molecule has 19 heavy (non-hydrogen) atoms. The van der Waals surface area contributed by atoms with Crippen LogP contribution in [0, 0.1) is 6.92 Å². The van der Waals surface area contributed by atoms with Crippen molar-refractivity contribution in [2.75, 3.05) is 0 Å². The predicted octanol–water partition coefficient (Wildman–Crippen LogP) is 4.59. The van der Waals surface area contributed by atoms with Gasteiger partial charge in [0.25, 0.3) is 0 Å². The SMILES string of the molecule is Cc1nc2cc(-c3ccccc3)ccc2n1C(C)C. The first-order valence-corrected chi connectivity index (χ1v) is 6.71. The van der Waals surface area contributed by atoms with Gasteiger partial charge in [-0.25, -0.2) is 4.98 Å². The van der Waals surface area contributed by atoms with Crippen molar-refractivity contribution in [2.24, 2.45) is 0 Å². The van der Waals surface area contributed by atoms with E-state index in [0.29, 0.717) is 6.04 Å². The van der Waals surface area contributed by atoms with Gasteiger partial charge < -0.3 is 4.57 Å². The number of fused-ring (bicyclic) bond motifs is 1. The fourth-order valence-electron chi connectivity index (χ4n) is 2.68. The van der Waals surface area contributed by atoms with Gasteiger partial charge >= 0.3 is 0 Å². The molecule has 0 amide bonds. The highest BCUT2D eigenvalue weighted by atomic mass is 15.1. The topological polar surface area (TPSA) is 17.8 Å². The van der Waals surface area contributed by atoms with E-state index in [2.05, 4.69) is 72.8 Å². The molecule has 0 N–H and O–H groups in total. The van der Waals surface area contributed by atoms with Gasteiger partial charge in [-0.15, -0.1) is 0 Å². The van der Waals surface area contributed by atoms with Gasteiger partial charge in [0.15, 0.2) is 0 Å². The summed E-state index contributed by atoms with van der Waals surface area (Å²) < 4.78 is 2.28. The second-order valence-electron chi connectivity index (χ2n) is 5.19. The van der Waals surface area contributed by atoms with E-state index in [1.54, 1.807) is 0 Å². The van der Waals surface area contributed by atoms with E-state index < -0.39 is 0 Å². The molecule has 0 aliphatic rings. The van der Waals surface area contributed by atoms with Crippen LogP contribution in [0.15, 0.2) is 48.5 Å². The number of rotatable bonds is 2. The molecule has 0 aliphatic carbocycles. The Hall–Kier alpha value is -2.09. The Bertz CT molecular complexity index is 709. The summed E-state index contributed by atoms with van der Waals surface area (Å²) in [5.41, 5.74) is 4.75. The molecule has 2 aromatic carbocycles. The van der Waals surface area contributed by atoms with Crippen molar-refractivity contribution in [1.29, 1.82) is 0 Å². The maximum atomic E-state index is 4.68. The van der Waals surface area contributed by atoms with Gasteiger partial charge in [0.2, 0.25) is 0 Å². The average molecular weight is 250 g/mol. The largest absolute Gasteiger partial charge is 0.326 e. The molecule has 0 saturated carbocycles.